The van der Waals surface area contributed by atoms with Crippen LogP contribution < -0.4 is 0 Å². The van der Waals surface area contributed by atoms with Crippen LogP contribution in [-0.2, 0) is 0 Å². The van der Waals surface area contributed by atoms with Crippen LogP contribution in [0.15, 0.2) is 61.2 Å². The molecule has 8 heteroatoms. The van der Waals surface area contributed by atoms with E-state index in [2.05, 4.69) is 36.1 Å². The standard InChI is InChI=1S/C14H7BrN4OS2/c15-10-4-2-1-3-8(10)11-18-19-14(20-11)22-13-9-5-6-21-12(9)16-7-17-13/h1-7H. The lowest BCUT2D eigenvalue weighted by Crippen LogP contribution is -1.83. The number of nitrogens with zero attached hydrogens (tertiary/aromatic N) is 4. The van der Waals surface area contributed by atoms with Crippen LogP contribution in [0, 0.1) is 0 Å². The van der Waals surface area contributed by atoms with Crippen LogP contribution in [0.5, 0.6) is 0 Å². The first kappa shape index (κ1) is 13.9. The first-order valence-electron chi connectivity index (χ1n) is 6.26. The SMILES string of the molecule is Brc1ccccc1-c1nnc(Sc2ncnc3sccc23)o1. The normalized spacial score (nSPS) is 11.1. The highest BCUT2D eigenvalue weighted by Gasteiger charge is 2.14. The van der Waals surface area contributed by atoms with Gasteiger partial charge in [-0.05, 0) is 51.3 Å². The van der Waals surface area contributed by atoms with E-state index in [4.69, 9.17) is 4.42 Å². The molecule has 4 rings (SSSR count). The highest BCUT2D eigenvalue weighted by Crippen LogP contribution is 2.34. The molecule has 22 heavy (non-hydrogen) atoms. The van der Waals surface area contributed by atoms with Crippen molar-refractivity contribution in [2.24, 2.45) is 0 Å². The predicted octanol–water partition coefficient (Wildman–Crippen LogP) is 4.66. The maximum Gasteiger partial charge on any atom is 0.283 e. The van der Waals surface area contributed by atoms with E-state index in [-0.39, 0.29) is 0 Å². The maximum absolute atomic E-state index is 5.73. The van der Waals surface area contributed by atoms with Crippen molar-refractivity contribution in [1.82, 2.24) is 20.2 Å². The van der Waals surface area contributed by atoms with Crippen molar-refractivity contribution >= 4 is 49.2 Å². The van der Waals surface area contributed by atoms with Crippen LogP contribution in [-0.4, -0.2) is 20.2 Å². The van der Waals surface area contributed by atoms with E-state index in [1.807, 2.05) is 35.7 Å². The Labute approximate surface area is 141 Å². The third-order valence-electron chi connectivity index (χ3n) is 2.92. The molecule has 0 amide bonds. The minimum atomic E-state index is 0.456. The summed E-state index contributed by atoms with van der Waals surface area (Å²) in [5, 5.41) is 12.4. The van der Waals surface area contributed by atoms with Gasteiger partial charge in [0.2, 0.25) is 5.89 Å². The average molecular weight is 391 g/mol. The topological polar surface area (TPSA) is 64.7 Å². The summed E-state index contributed by atoms with van der Waals surface area (Å²) in [7, 11) is 0. The largest absolute Gasteiger partial charge is 0.411 e. The second-order valence-corrected chi connectivity index (χ2v) is 6.96. The van der Waals surface area contributed by atoms with Gasteiger partial charge in [0.25, 0.3) is 5.22 Å². The summed E-state index contributed by atoms with van der Waals surface area (Å²) in [5.74, 6) is 0.477. The van der Waals surface area contributed by atoms with Gasteiger partial charge in [0.15, 0.2) is 0 Å². The molecule has 0 saturated heterocycles. The summed E-state index contributed by atoms with van der Waals surface area (Å²) in [6.07, 6.45) is 1.55. The summed E-state index contributed by atoms with van der Waals surface area (Å²) in [4.78, 5) is 9.47. The third kappa shape index (κ3) is 2.53. The Kier molecular flexibility index (Phi) is 3.65. The molecular weight excluding hydrogens is 384 g/mol. The smallest absolute Gasteiger partial charge is 0.283 e. The van der Waals surface area contributed by atoms with Gasteiger partial charge in [0.05, 0.1) is 5.56 Å². The molecule has 0 bridgehead atoms. The molecule has 0 fully saturated rings. The van der Waals surface area contributed by atoms with Gasteiger partial charge in [0.1, 0.15) is 16.2 Å². The number of fused-ring (bicyclic) bond motifs is 1. The van der Waals surface area contributed by atoms with Gasteiger partial charge in [-0.3, -0.25) is 0 Å². The van der Waals surface area contributed by atoms with Gasteiger partial charge in [-0.15, -0.1) is 21.5 Å². The van der Waals surface area contributed by atoms with Gasteiger partial charge in [-0.2, -0.15) is 0 Å². The highest BCUT2D eigenvalue weighted by atomic mass is 79.9. The molecule has 0 spiro atoms. The van der Waals surface area contributed by atoms with E-state index in [1.54, 1.807) is 17.7 Å². The Morgan fingerprint density at radius 1 is 1.09 bits per heavy atom. The molecule has 0 saturated carbocycles. The summed E-state index contributed by atoms with van der Waals surface area (Å²) in [5.41, 5.74) is 0.866. The zero-order valence-corrected chi connectivity index (χ0v) is 14.2. The summed E-state index contributed by atoms with van der Waals surface area (Å²) in [6, 6.07) is 9.72. The highest BCUT2D eigenvalue weighted by molar-refractivity contribution is 9.10. The van der Waals surface area contributed by atoms with Crippen molar-refractivity contribution in [3.8, 4) is 11.5 Å². The quantitative estimate of drug-likeness (QED) is 0.474. The molecule has 0 aliphatic carbocycles. The molecule has 0 N–H and O–H groups in total. The number of halogens is 1. The Bertz CT molecular complexity index is 953. The Morgan fingerprint density at radius 2 is 2.00 bits per heavy atom. The van der Waals surface area contributed by atoms with Gasteiger partial charge in [-0.25, -0.2) is 9.97 Å². The summed E-state index contributed by atoms with van der Waals surface area (Å²) >= 11 is 6.40. The van der Waals surface area contributed by atoms with Crippen LogP contribution >= 0.6 is 39.0 Å². The molecule has 0 unspecified atom stereocenters. The van der Waals surface area contributed by atoms with Crippen molar-refractivity contribution in [3.63, 3.8) is 0 Å². The van der Waals surface area contributed by atoms with Crippen LogP contribution in [0.1, 0.15) is 0 Å². The van der Waals surface area contributed by atoms with E-state index in [0.717, 1.165) is 25.3 Å². The molecule has 108 valence electrons. The first-order valence-corrected chi connectivity index (χ1v) is 8.74. The summed E-state index contributed by atoms with van der Waals surface area (Å²) in [6.45, 7) is 0. The Morgan fingerprint density at radius 3 is 2.91 bits per heavy atom. The van der Waals surface area contributed by atoms with Crippen molar-refractivity contribution in [2.75, 3.05) is 0 Å². The number of hydrogen-bond donors (Lipinski definition) is 0. The molecule has 4 aromatic rings. The Hall–Kier alpha value is -1.77. The minimum absolute atomic E-state index is 0.456. The molecular formula is C14H7BrN4OS2. The molecule has 0 aliphatic heterocycles. The molecule has 0 atom stereocenters. The fourth-order valence-electron chi connectivity index (χ4n) is 1.93. The van der Waals surface area contributed by atoms with Crippen LogP contribution in [0.2, 0.25) is 0 Å². The summed E-state index contributed by atoms with van der Waals surface area (Å²) < 4.78 is 6.65. The lowest BCUT2D eigenvalue weighted by Gasteiger charge is -1.98. The number of benzene rings is 1. The van der Waals surface area contributed by atoms with E-state index in [9.17, 15) is 0 Å². The van der Waals surface area contributed by atoms with Crippen molar-refractivity contribution in [1.29, 1.82) is 0 Å². The van der Waals surface area contributed by atoms with Crippen molar-refractivity contribution in [2.45, 2.75) is 10.2 Å². The average Bonchev–Trinajstić information content (AvgIpc) is 3.17. The number of hydrogen-bond acceptors (Lipinski definition) is 7. The molecule has 0 aliphatic rings. The maximum atomic E-state index is 5.73. The van der Waals surface area contributed by atoms with Crippen LogP contribution in [0.4, 0.5) is 0 Å². The second kappa shape index (κ2) is 5.79. The number of thiophene rings is 1. The minimum Gasteiger partial charge on any atom is -0.411 e. The van der Waals surface area contributed by atoms with Crippen molar-refractivity contribution < 1.29 is 4.42 Å². The predicted molar refractivity (Wildman–Crippen MR) is 89.0 cm³/mol. The zero-order chi connectivity index (χ0) is 14.9. The lowest BCUT2D eigenvalue weighted by atomic mass is 10.2. The fraction of sp³-hybridized carbons (Fsp3) is 0. The van der Waals surface area contributed by atoms with E-state index >= 15 is 0 Å². The number of aromatic nitrogens is 4. The van der Waals surface area contributed by atoms with E-state index < -0.39 is 0 Å². The molecule has 3 heterocycles. The van der Waals surface area contributed by atoms with Gasteiger partial charge >= 0.3 is 0 Å². The van der Waals surface area contributed by atoms with Crippen LogP contribution in [0.3, 0.4) is 0 Å². The van der Waals surface area contributed by atoms with Gasteiger partial charge in [-0.1, -0.05) is 12.1 Å². The monoisotopic (exact) mass is 390 g/mol. The van der Waals surface area contributed by atoms with Crippen LogP contribution in [0.25, 0.3) is 21.7 Å². The molecule has 3 aromatic heterocycles. The van der Waals surface area contributed by atoms with E-state index in [1.165, 1.54) is 11.8 Å². The van der Waals surface area contributed by atoms with Gasteiger partial charge < -0.3 is 4.42 Å². The van der Waals surface area contributed by atoms with Gasteiger partial charge in [0, 0.05) is 9.86 Å². The second-order valence-electron chi connectivity index (χ2n) is 4.27. The first-order chi connectivity index (χ1) is 10.8. The lowest BCUT2D eigenvalue weighted by molar-refractivity contribution is 0.465. The van der Waals surface area contributed by atoms with E-state index in [0.29, 0.717) is 11.1 Å². The molecule has 1 aromatic carbocycles. The van der Waals surface area contributed by atoms with Crippen molar-refractivity contribution in [3.05, 3.63) is 46.5 Å². The Balaban J connectivity index is 1.68. The third-order valence-corrected chi connectivity index (χ3v) is 5.29. The molecule has 5 nitrogen and oxygen atoms in total. The fourth-order valence-corrected chi connectivity index (χ4v) is 3.92. The zero-order valence-electron chi connectivity index (χ0n) is 10.9. The number of rotatable bonds is 3. The molecule has 0 radical (unpaired) electrons.